The van der Waals surface area contributed by atoms with Crippen LogP contribution in [0, 0.1) is 6.92 Å². The number of benzene rings is 2. The number of aromatic nitrogens is 1. The second kappa shape index (κ2) is 10.3. The van der Waals surface area contributed by atoms with Gasteiger partial charge in [-0.1, -0.05) is 36.4 Å². The first-order valence-corrected chi connectivity index (χ1v) is 10.8. The molecule has 1 saturated heterocycles. The molecule has 1 atom stereocenters. The van der Waals surface area contributed by atoms with Crippen LogP contribution in [-0.2, 0) is 17.7 Å². The molecule has 1 aromatic heterocycles. The molecule has 2 aromatic carbocycles. The van der Waals surface area contributed by atoms with E-state index in [0.29, 0.717) is 13.2 Å². The maximum absolute atomic E-state index is 6.20. The van der Waals surface area contributed by atoms with Gasteiger partial charge in [0.2, 0.25) is 0 Å². The van der Waals surface area contributed by atoms with E-state index in [2.05, 4.69) is 70.0 Å². The second-order valence-electron chi connectivity index (χ2n) is 7.81. The molecule has 0 radical (unpaired) electrons. The molecule has 0 aliphatic carbocycles. The summed E-state index contributed by atoms with van der Waals surface area (Å²) in [6, 6.07) is 16.7. The van der Waals surface area contributed by atoms with Gasteiger partial charge in [0.05, 0.1) is 18.7 Å². The van der Waals surface area contributed by atoms with E-state index in [1.54, 1.807) is 7.05 Å². The van der Waals surface area contributed by atoms with Gasteiger partial charge in [0, 0.05) is 43.7 Å². The molecule has 6 nitrogen and oxygen atoms in total. The zero-order valence-electron chi connectivity index (χ0n) is 18.2. The van der Waals surface area contributed by atoms with Crippen LogP contribution in [-0.4, -0.2) is 43.9 Å². The lowest BCUT2D eigenvalue weighted by molar-refractivity contribution is 0.140. The van der Waals surface area contributed by atoms with Crippen molar-refractivity contribution in [2.75, 3.05) is 26.8 Å². The maximum atomic E-state index is 6.20. The van der Waals surface area contributed by atoms with Gasteiger partial charge in [0.25, 0.3) is 0 Å². The van der Waals surface area contributed by atoms with Gasteiger partial charge in [-0.3, -0.25) is 9.98 Å². The largest absolute Gasteiger partial charge is 0.488 e. The second-order valence-corrected chi connectivity index (χ2v) is 7.81. The van der Waals surface area contributed by atoms with Crippen LogP contribution < -0.4 is 15.4 Å². The lowest BCUT2D eigenvalue weighted by Gasteiger charge is -2.18. The van der Waals surface area contributed by atoms with Gasteiger partial charge < -0.3 is 20.1 Å². The Bertz CT molecular complexity index is 1040. The molecule has 6 heteroatoms. The van der Waals surface area contributed by atoms with Crippen molar-refractivity contribution in [1.82, 2.24) is 15.6 Å². The van der Waals surface area contributed by atoms with E-state index in [9.17, 15) is 0 Å². The van der Waals surface area contributed by atoms with Crippen LogP contribution in [0.1, 0.15) is 23.1 Å². The highest BCUT2D eigenvalue weighted by Gasteiger charge is 2.18. The summed E-state index contributed by atoms with van der Waals surface area (Å²) < 4.78 is 11.6. The fraction of sp³-hybridized carbons (Fsp3) is 0.360. The van der Waals surface area contributed by atoms with Crippen LogP contribution in [0.2, 0.25) is 0 Å². The smallest absolute Gasteiger partial charge is 0.191 e. The van der Waals surface area contributed by atoms with Crippen LogP contribution in [0.5, 0.6) is 5.75 Å². The van der Waals surface area contributed by atoms with Crippen molar-refractivity contribution in [3.8, 4) is 5.75 Å². The van der Waals surface area contributed by atoms with Gasteiger partial charge in [0.1, 0.15) is 11.9 Å². The van der Waals surface area contributed by atoms with E-state index in [1.165, 1.54) is 16.5 Å². The Morgan fingerprint density at radius 3 is 2.90 bits per heavy atom. The summed E-state index contributed by atoms with van der Waals surface area (Å²) >= 11 is 0. The number of guanidine groups is 1. The first-order chi connectivity index (χ1) is 15.2. The number of aryl methyl sites for hydroxylation is 1. The first kappa shape index (κ1) is 21.1. The molecule has 0 spiro atoms. The van der Waals surface area contributed by atoms with Crippen molar-refractivity contribution in [2.45, 2.75) is 32.4 Å². The predicted molar refractivity (Wildman–Crippen MR) is 125 cm³/mol. The number of ether oxygens (including phenoxy) is 2. The highest BCUT2D eigenvalue weighted by atomic mass is 16.5. The van der Waals surface area contributed by atoms with Crippen LogP contribution in [0.4, 0.5) is 0 Å². The van der Waals surface area contributed by atoms with Gasteiger partial charge >= 0.3 is 0 Å². The summed E-state index contributed by atoms with van der Waals surface area (Å²) in [4.78, 5) is 8.90. The van der Waals surface area contributed by atoms with Crippen LogP contribution >= 0.6 is 0 Å². The summed E-state index contributed by atoms with van der Waals surface area (Å²) in [6.07, 6.45) is 3.79. The minimum atomic E-state index is 0.132. The van der Waals surface area contributed by atoms with E-state index < -0.39 is 0 Å². The summed E-state index contributed by atoms with van der Waals surface area (Å²) in [5.74, 6) is 1.68. The number of hydrogen-bond acceptors (Lipinski definition) is 4. The van der Waals surface area contributed by atoms with Gasteiger partial charge in [-0.25, -0.2) is 0 Å². The minimum absolute atomic E-state index is 0.132. The number of pyridine rings is 1. The number of nitrogens with zero attached hydrogens (tertiary/aromatic N) is 2. The monoisotopic (exact) mass is 418 g/mol. The summed E-state index contributed by atoms with van der Waals surface area (Å²) in [7, 11) is 1.79. The Labute approximate surface area is 183 Å². The van der Waals surface area contributed by atoms with Crippen molar-refractivity contribution >= 4 is 16.9 Å². The fourth-order valence-corrected chi connectivity index (χ4v) is 3.79. The van der Waals surface area contributed by atoms with E-state index in [4.69, 9.17) is 9.47 Å². The Hall–Kier alpha value is -3.12. The van der Waals surface area contributed by atoms with Gasteiger partial charge in [0.15, 0.2) is 5.96 Å². The molecule has 4 rings (SSSR count). The molecule has 2 N–H and O–H groups in total. The lowest BCUT2D eigenvalue weighted by atomic mass is 10.1. The zero-order chi connectivity index (χ0) is 21.5. The SMILES string of the molecule is CN=C(NCCc1cccc2cccnc12)NCc1ccc(C)cc1OC1CCOC1. The number of aliphatic imine (C=N–C) groups is 1. The normalized spacial score (nSPS) is 16.5. The van der Waals surface area contributed by atoms with E-state index in [1.807, 2.05) is 12.3 Å². The van der Waals surface area contributed by atoms with Crippen molar-refractivity contribution in [1.29, 1.82) is 0 Å². The predicted octanol–water partition coefficient (Wildman–Crippen LogP) is 3.62. The molecular weight excluding hydrogens is 388 g/mol. The number of nitrogens with one attached hydrogen (secondary N) is 2. The Morgan fingerprint density at radius 2 is 2.06 bits per heavy atom. The van der Waals surface area contributed by atoms with Gasteiger partial charge in [-0.05, 0) is 36.6 Å². The molecule has 1 fully saturated rings. The topological polar surface area (TPSA) is 67.8 Å². The Morgan fingerprint density at radius 1 is 1.16 bits per heavy atom. The third-order valence-electron chi connectivity index (χ3n) is 5.48. The van der Waals surface area contributed by atoms with Crippen molar-refractivity contribution in [2.24, 2.45) is 4.99 Å². The highest BCUT2D eigenvalue weighted by molar-refractivity contribution is 5.82. The molecule has 3 aromatic rings. The first-order valence-electron chi connectivity index (χ1n) is 10.8. The molecule has 1 unspecified atom stereocenters. The molecule has 162 valence electrons. The van der Waals surface area contributed by atoms with Crippen LogP contribution in [0.25, 0.3) is 10.9 Å². The van der Waals surface area contributed by atoms with Crippen LogP contribution in [0.15, 0.2) is 59.7 Å². The zero-order valence-corrected chi connectivity index (χ0v) is 18.2. The van der Waals surface area contributed by atoms with E-state index >= 15 is 0 Å². The van der Waals surface area contributed by atoms with Crippen molar-refractivity contribution < 1.29 is 9.47 Å². The molecule has 0 saturated carbocycles. The maximum Gasteiger partial charge on any atom is 0.191 e. The highest BCUT2D eigenvalue weighted by Crippen LogP contribution is 2.24. The molecule has 2 heterocycles. The lowest BCUT2D eigenvalue weighted by Crippen LogP contribution is -2.38. The fourth-order valence-electron chi connectivity index (χ4n) is 3.79. The average molecular weight is 419 g/mol. The quantitative estimate of drug-likeness (QED) is 0.453. The van der Waals surface area contributed by atoms with Crippen molar-refractivity contribution in [3.63, 3.8) is 0 Å². The molecule has 0 amide bonds. The summed E-state index contributed by atoms with van der Waals surface area (Å²) in [5, 5.41) is 7.98. The third kappa shape index (κ3) is 5.52. The summed E-state index contributed by atoms with van der Waals surface area (Å²) in [6.45, 7) is 4.92. The Balaban J connectivity index is 1.33. The molecule has 1 aliphatic heterocycles. The number of rotatable bonds is 7. The van der Waals surface area contributed by atoms with E-state index in [-0.39, 0.29) is 6.10 Å². The molecule has 31 heavy (non-hydrogen) atoms. The van der Waals surface area contributed by atoms with Crippen molar-refractivity contribution in [3.05, 3.63) is 71.4 Å². The van der Waals surface area contributed by atoms with Gasteiger partial charge in [-0.15, -0.1) is 0 Å². The minimum Gasteiger partial charge on any atom is -0.488 e. The molecule has 0 bridgehead atoms. The standard InChI is InChI=1S/C25H30N4O2/c1-18-8-9-21(23(15-18)31-22-11-14-30-17-22)16-29-25(26-2)28-13-10-20-6-3-5-19-7-4-12-27-24(19)20/h3-9,12,15,22H,10-11,13-14,16-17H2,1-2H3,(H2,26,28,29). The molecular formula is C25H30N4O2. The number of para-hydroxylation sites is 1. The van der Waals surface area contributed by atoms with E-state index in [0.717, 1.165) is 48.8 Å². The Kier molecular flexibility index (Phi) is 6.99. The number of fused-ring (bicyclic) bond motifs is 1. The van der Waals surface area contributed by atoms with Crippen LogP contribution in [0.3, 0.4) is 0 Å². The average Bonchev–Trinajstić information content (AvgIpc) is 3.30. The van der Waals surface area contributed by atoms with Gasteiger partial charge in [-0.2, -0.15) is 0 Å². The number of hydrogen-bond donors (Lipinski definition) is 2. The summed E-state index contributed by atoms with van der Waals surface area (Å²) in [5.41, 5.74) is 4.59. The molecule has 1 aliphatic rings. The third-order valence-corrected chi connectivity index (χ3v) is 5.48.